The Morgan fingerprint density at radius 1 is 1.53 bits per heavy atom. The average molecular weight is 239 g/mol. The van der Waals surface area contributed by atoms with E-state index in [1.807, 2.05) is 13.8 Å². The first-order chi connectivity index (χ1) is 8.06. The molecule has 0 fully saturated rings. The number of nitrogens with one attached hydrogen (secondary N) is 1. The Kier molecular flexibility index (Phi) is 4.68. The van der Waals surface area contributed by atoms with E-state index in [1.54, 1.807) is 4.90 Å². The van der Waals surface area contributed by atoms with Gasteiger partial charge in [-0.05, 0) is 6.92 Å². The van der Waals surface area contributed by atoms with Crippen molar-refractivity contribution in [3.05, 3.63) is 22.2 Å². The van der Waals surface area contributed by atoms with Gasteiger partial charge in [-0.3, -0.25) is 9.59 Å². The lowest BCUT2D eigenvalue weighted by molar-refractivity contribution is -0.136. The molecule has 0 amide bonds. The molecule has 1 aromatic rings. The van der Waals surface area contributed by atoms with Gasteiger partial charge < -0.3 is 15.0 Å². The Balaban J connectivity index is 2.90. The zero-order valence-electron chi connectivity index (χ0n) is 10.1. The highest BCUT2D eigenvalue weighted by Crippen LogP contribution is 2.08. The van der Waals surface area contributed by atoms with Crippen molar-refractivity contribution in [1.29, 1.82) is 0 Å². The van der Waals surface area contributed by atoms with Crippen molar-refractivity contribution in [2.45, 2.75) is 26.7 Å². The molecule has 0 saturated heterocycles. The van der Waals surface area contributed by atoms with E-state index in [0.717, 1.165) is 0 Å². The topological polar surface area (TPSA) is 86.3 Å². The van der Waals surface area contributed by atoms with Crippen LogP contribution in [0, 0.1) is 0 Å². The second-order valence-corrected chi connectivity index (χ2v) is 3.63. The molecule has 6 nitrogen and oxygen atoms in total. The van der Waals surface area contributed by atoms with Gasteiger partial charge in [0.15, 0.2) is 0 Å². The lowest BCUT2D eigenvalue weighted by Crippen LogP contribution is -2.28. The highest BCUT2D eigenvalue weighted by molar-refractivity contribution is 5.67. The first-order valence-electron chi connectivity index (χ1n) is 5.63. The van der Waals surface area contributed by atoms with Gasteiger partial charge >= 0.3 is 5.97 Å². The number of H-pyrrole nitrogens is 1. The van der Waals surface area contributed by atoms with Crippen LogP contribution in [0.5, 0.6) is 0 Å². The van der Waals surface area contributed by atoms with Gasteiger partial charge in [0.05, 0.1) is 6.42 Å². The molecule has 1 rings (SSSR count). The van der Waals surface area contributed by atoms with E-state index < -0.39 is 5.97 Å². The number of aryl methyl sites for hydroxylation is 1. The number of hydrogen-bond donors (Lipinski definition) is 2. The van der Waals surface area contributed by atoms with Crippen LogP contribution in [0.4, 0.5) is 5.82 Å². The number of aromatic amines is 1. The number of aliphatic carboxylic acids is 1. The maximum atomic E-state index is 11.4. The quantitative estimate of drug-likeness (QED) is 0.760. The third-order valence-corrected chi connectivity index (χ3v) is 2.41. The summed E-state index contributed by atoms with van der Waals surface area (Å²) in [5, 5.41) is 8.65. The standard InChI is InChI=1S/C11H17N3O3/c1-3-8-12-9(7-10(15)13-8)14(4-2)6-5-11(16)17/h7H,3-6H2,1-2H3,(H,16,17)(H,12,13,15). The van der Waals surface area contributed by atoms with Crippen LogP contribution in [0.2, 0.25) is 0 Å². The molecule has 0 aliphatic rings. The first-order valence-corrected chi connectivity index (χ1v) is 5.63. The molecule has 0 unspecified atom stereocenters. The molecule has 0 aromatic carbocycles. The molecule has 1 heterocycles. The zero-order valence-corrected chi connectivity index (χ0v) is 10.1. The fourth-order valence-corrected chi connectivity index (χ4v) is 1.49. The van der Waals surface area contributed by atoms with Crippen molar-refractivity contribution in [3.63, 3.8) is 0 Å². The molecule has 0 spiro atoms. The fraction of sp³-hybridized carbons (Fsp3) is 0.545. The highest BCUT2D eigenvalue weighted by atomic mass is 16.4. The summed E-state index contributed by atoms with van der Waals surface area (Å²) < 4.78 is 0. The number of carboxylic acid groups (broad SMARTS) is 1. The number of anilines is 1. The maximum Gasteiger partial charge on any atom is 0.305 e. The van der Waals surface area contributed by atoms with Gasteiger partial charge in [0.2, 0.25) is 0 Å². The van der Waals surface area contributed by atoms with Crippen LogP contribution >= 0.6 is 0 Å². The summed E-state index contributed by atoms with van der Waals surface area (Å²) in [6, 6.07) is 1.39. The normalized spacial score (nSPS) is 10.2. The van der Waals surface area contributed by atoms with E-state index in [4.69, 9.17) is 5.11 Å². The molecule has 0 radical (unpaired) electrons. The second-order valence-electron chi connectivity index (χ2n) is 3.63. The molecular formula is C11H17N3O3. The number of carboxylic acids is 1. The van der Waals surface area contributed by atoms with Crippen molar-refractivity contribution >= 4 is 11.8 Å². The van der Waals surface area contributed by atoms with Gasteiger partial charge in [0.1, 0.15) is 11.6 Å². The van der Waals surface area contributed by atoms with E-state index in [1.165, 1.54) is 6.07 Å². The predicted octanol–water partition coefficient (Wildman–Crippen LogP) is 0.633. The van der Waals surface area contributed by atoms with Crippen LogP contribution in [0.3, 0.4) is 0 Å². The Morgan fingerprint density at radius 3 is 2.76 bits per heavy atom. The van der Waals surface area contributed by atoms with Crippen molar-refractivity contribution in [2.24, 2.45) is 0 Å². The third-order valence-electron chi connectivity index (χ3n) is 2.41. The smallest absolute Gasteiger partial charge is 0.305 e. The summed E-state index contributed by atoms with van der Waals surface area (Å²) >= 11 is 0. The third kappa shape index (κ3) is 3.90. The number of nitrogens with zero attached hydrogens (tertiary/aromatic N) is 2. The molecule has 0 aliphatic carbocycles. The van der Waals surface area contributed by atoms with Gasteiger partial charge in [0.25, 0.3) is 5.56 Å². The van der Waals surface area contributed by atoms with Crippen molar-refractivity contribution in [2.75, 3.05) is 18.0 Å². The molecular weight excluding hydrogens is 222 g/mol. The molecule has 0 aliphatic heterocycles. The molecule has 0 atom stereocenters. The van der Waals surface area contributed by atoms with Gasteiger partial charge in [-0.25, -0.2) is 4.98 Å². The summed E-state index contributed by atoms with van der Waals surface area (Å²) in [7, 11) is 0. The fourth-order valence-electron chi connectivity index (χ4n) is 1.49. The molecule has 0 bridgehead atoms. The number of carbonyl (C=O) groups is 1. The molecule has 1 aromatic heterocycles. The lowest BCUT2D eigenvalue weighted by Gasteiger charge is -2.21. The largest absolute Gasteiger partial charge is 0.481 e. The minimum absolute atomic E-state index is 0.0315. The van der Waals surface area contributed by atoms with Gasteiger partial charge in [-0.15, -0.1) is 0 Å². The van der Waals surface area contributed by atoms with Gasteiger partial charge in [-0.2, -0.15) is 0 Å². The summed E-state index contributed by atoms with van der Waals surface area (Å²) in [4.78, 5) is 30.6. The molecule has 94 valence electrons. The van der Waals surface area contributed by atoms with E-state index >= 15 is 0 Å². The van der Waals surface area contributed by atoms with Crippen LogP contribution in [0.25, 0.3) is 0 Å². The van der Waals surface area contributed by atoms with E-state index in [-0.39, 0.29) is 12.0 Å². The van der Waals surface area contributed by atoms with Crippen LogP contribution in [-0.2, 0) is 11.2 Å². The zero-order chi connectivity index (χ0) is 12.8. The summed E-state index contributed by atoms with van der Waals surface area (Å²) in [6.45, 7) is 4.77. The summed E-state index contributed by atoms with van der Waals surface area (Å²) in [6.07, 6.45) is 0.670. The van der Waals surface area contributed by atoms with Crippen molar-refractivity contribution in [3.8, 4) is 0 Å². The number of aromatic nitrogens is 2. The maximum absolute atomic E-state index is 11.4. The molecule has 2 N–H and O–H groups in total. The van der Waals surface area contributed by atoms with Crippen molar-refractivity contribution in [1.82, 2.24) is 9.97 Å². The Morgan fingerprint density at radius 2 is 2.24 bits per heavy atom. The average Bonchev–Trinajstić information content (AvgIpc) is 2.28. The van der Waals surface area contributed by atoms with E-state index in [9.17, 15) is 9.59 Å². The van der Waals surface area contributed by atoms with Gasteiger partial charge in [0, 0.05) is 25.6 Å². The summed E-state index contributed by atoms with van der Waals surface area (Å²) in [5.41, 5.74) is -0.208. The Bertz CT molecular complexity index is 442. The summed E-state index contributed by atoms with van der Waals surface area (Å²) in [5.74, 6) is 0.291. The van der Waals surface area contributed by atoms with Crippen molar-refractivity contribution < 1.29 is 9.90 Å². The monoisotopic (exact) mass is 239 g/mol. The molecule has 0 saturated carbocycles. The van der Waals surface area contributed by atoms with Crippen LogP contribution in [-0.4, -0.2) is 34.1 Å². The first kappa shape index (κ1) is 13.2. The molecule has 17 heavy (non-hydrogen) atoms. The van der Waals surface area contributed by atoms with E-state index in [0.29, 0.717) is 31.2 Å². The minimum Gasteiger partial charge on any atom is -0.481 e. The van der Waals surface area contributed by atoms with Crippen LogP contribution < -0.4 is 10.5 Å². The van der Waals surface area contributed by atoms with Crippen LogP contribution in [0.15, 0.2) is 10.9 Å². The van der Waals surface area contributed by atoms with Gasteiger partial charge in [-0.1, -0.05) is 6.92 Å². The van der Waals surface area contributed by atoms with E-state index in [2.05, 4.69) is 9.97 Å². The Hall–Kier alpha value is -1.85. The highest BCUT2D eigenvalue weighted by Gasteiger charge is 2.09. The predicted molar refractivity (Wildman–Crippen MR) is 64.4 cm³/mol. The number of hydrogen-bond acceptors (Lipinski definition) is 4. The lowest BCUT2D eigenvalue weighted by atomic mass is 10.3. The Labute approximate surface area is 99.3 Å². The SMILES string of the molecule is CCc1nc(N(CC)CCC(=O)O)cc(=O)[nH]1. The molecule has 6 heteroatoms. The second kappa shape index (κ2) is 6.03. The minimum atomic E-state index is -0.857. The van der Waals surface area contributed by atoms with Crippen LogP contribution in [0.1, 0.15) is 26.1 Å². The number of rotatable bonds is 6.